The largest absolute Gasteiger partial charge is 0.497 e. The van der Waals surface area contributed by atoms with Crippen molar-refractivity contribution in [2.75, 3.05) is 7.11 Å². The summed E-state index contributed by atoms with van der Waals surface area (Å²) in [7, 11) is -2.01. The Labute approximate surface area is 217 Å². The third-order valence-corrected chi connectivity index (χ3v) is 7.45. The number of ether oxygens (including phenoxy) is 1. The molecule has 2 heterocycles. The summed E-state index contributed by atoms with van der Waals surface area (Å²) in [5, 5.41) is 10.5. The van der Waals surface area contributed by atoms with Crippen LogP contribution in [-0.4, -0.2) is 43.0 Å². The Bertz CT molecular complexity index is 1660. The summed E-state index contributed by atoms with van der Waals surface area (Å²) in [5.41, 5.74) is 2.54. The summed E-state index contributed by atoms with van der Waals surface area (Å²) in [4.78, 5) is 35.3. The van der Waals surface area contributed by atoms with Gasteiger partial charge in [-0.05, 0) is 67.1 Å². The van der Waals surface area contributed by atoms with Crippen molar-refractivity contribution in [1.29, 1.82) is 0 Å². The minimum absolute atomic E-state index is 0.0648. The highest BCUT2D eigenvalue weighted by molar-refractivity contribution is 7.90. The number of nitrogens with zero attached hydrogens (tertiary/aromatic N) is 1. The number of nitrogens with one attached hydrogen (secondary N) is 1. The smallest absolute Gasteiger partial charge is 0.307 e. The van der Waals surface area contributed by atoms with Crippen molar-refractivity contribution in [3.63, 3.8) is 0 Å². The molecule has 1 aromatic heterocycles. The predicted molar refractivity (Wildman–Crippen MR) is 137 cm³/mol. The number of benzene rings is 3. The maximum absolute atomic E-state index is 13.0. The summed E-state index contributed by atoms with van der Waals surface area (Å²) in [6, 6.07) is 18.0. The summed E-state index contributed by atoms with van der Waals surface area (Å²) < 4.78 is 30.9. The Hall–Kier alpha value is -4.15. The second-order valence-corrected chi connectivity index (χ2v) is 10.2. The monoisotopic (exact) mass is 540 g/mol. The van der Waals surface area contributed by atoms with Crippen molar-refractivity contribution in [2.45, 2.75) is 18.2 Å². The third kappa shape index (κ3) is 5.07. The van der Waals surface area contributed by atoms with Crippen LogP contribution in [0.4, 0.5) is 0 Å². The van der Waals surface area contributed by atoms with Crippen LogP contribution in [0, 0.1) is 6.92 Å². The normalized spacial score (nSPS) is 13.3. The average molecular weight is 541 g/mol. The molecule has 0 bridgehead atoms. The topological polar surface area (TPSA) is 132 Å². The number of aliphatic carboxylic acids is 1. The van der Waals surface area contributed by atoms with Gasteiger partial charge >= 0.3 is 5.97 Å². The lowest BCUT2D eigenvalue weighted by molar-refractivity contribution is -0.136. The Morgan fingerprint density at radius 2 is 1.73 bits per heavy atom. The van der Waals surface area contributed by atoms with E-state index in [0.717, 1.165) is 0 Å². The molecular weight excluding hydrogens is 520 g/mol. The summed E-state index contributed by atoms with van der Waals surface area (Å²) in [5.74, 6) is -1.13. The van der Waals surface area contributed by atoms with Crippen LogP contribution in [0.2, 0.25) is 5.02 Å². The Morgan fingerprint density at radius 1 is 1.05 bits per heavy atom. The highest BCUT2D eigenvalue weighted by atomic mass is 35.5. The molecule has 0 spiro atoms. The van der Waals surface area contributed by atoms with Crippen LogP contribution >= 0.6 is 11.6 Å². The molecule has 190 valence electrons. The van der Waals surface area contributed by atoms with Gasteiger partial charge in [-0.2, -0.15) is 0 Å². The minimum atomic E-state index is -3.55. The Balaban J connectivity index is 0.000000222. The molecule has 0 aliphatic carbocycles. The first-order chi connectivity index (χ1) is 17.5. The zero-order valence-electron chi connectivity index (χ0n) is 19.7. The summed E-state index contributed by atoms with van der Waals surface area (Å²) in [6.07, 6.45) is -0.170. The van der Waals surface area contributed by atoms with Gasteiger partial charge in [-0.3, -0.25) is 19.0 Å². The minimum Gasteiger partial charge on any atom is -0.497 e. The van der Waals surface area contributed by atoms with Crippen molar-refractivity contribution >= 4 is 50.3 Å². The molecule has 2 N–H and O–H groups in total. The molecule has 5 rings (SSSR count). The van der Waals surface area contributed by atoms with Gasteiger partial charge in [0.15, 0.2) is 0 Å². The number of amides is 1. The molecule has 1 aliphatic heterocycles. The third-order valence-electron chi connectivity index (χ3n) is 5.81. The van der Waals surface area contributed by atoms with Crippen LogP contribution in [0.3, 0.4) is 0 Å². The van der Waals surface area contributed by atoms with Gasteiger partial charge in [0.05, 0.1) is 24.6 Å². The summed E-state index contributed by atoms with van der Waals surface area (Å²) in [6.45, 7) is 1.75. The number of halogens is 1. The van der Waals surface area contributed by atoms with Gasteiger partial charge in [0.1, 0.15) is 10.6 Å². The fourth-order valence-electron chi connectivity index (χ4n) is 4.07. The number of hydrogen-bond acceptors (Lipinski definition) is 6. The average Bonchev–Trinajstić information content (AvgIpc) is 3.27. The highest BCUT2D eigenvalue weighted by Gasteiger charge is 2.31. The standard InChI is InChI=1S/C19H16ClNO4.C7H5NO3S/c1-11-15(10-18(22)23)16-9-14(25-2)7-8-17(16)21(11)19(24)12-3-5-13(20)6-4-12;9-7-5-3-1-2-4-6(5)12(10,11)8-7/h3-9H,10H2,1-2H3,(H,22,23);1-4H,(H,8,9). The van der Waals surface area contributed by atoms with E-state index < -0.39 is 21.9 Å². The highest BCUT2D eigenvalue weighted by Crippen LogP contribution is 2.31. The molecule has 1 aliphatic rings. The molecule has 1 amide bonds. The number of carboxylic acid groups (broad SMARTS) is 1. The maximum Gasteiger partial charge on any atom is 0.307 e. The van der Waals surface area contributed by atoms with E-state index in [1.807, 2.05) is 4.72 Å². The van der Waals surface area contributed by atoms with Crippen molar-refractivity contribution in [3.8, 4) is 5.75 Å². The van der Waals surface area contributed by atoms with E-state index in [1.54, 1.807) is 68.6 Å². The first-order valence-corrected chi connectivity index (χ1v) is 12.8. The van der Waals surface area contributed by atoms with E-state index in [4.69, 9.17) is 16.3 Å². The maximum atomic E-state index is 13.0. The predicted octanol–water partition coefficient (Wildman–Crippen LogP) is 4.05. The number of carboxylic acids is 1. The van der Waals surface area contributed by atoms with E-state index in [-0.39, 0.29) is 22.8 Å². The number of rotatable bonds is 4. The molecule has 0 saturated heterocycles. The van der Waals surface area contributed by atoms with E-state index >= 15 is 0 Å². The number of aromatic nitrogens is 1. The fourth-order valence-corrected chi connectivity index (χ4v) is 5.37. The van der Waals surface area contributed by atoms with E-state index in [0.29, 0.717) is 38.5 Å². The molecule has 0 fully saturated rings. The van der Waals surface area contributed by atoms with Gasteiger partial charge in [0.25, 0.3) is 21.8 Å². The second-order valence-electron chi connectivity index (χ2n) is 8.10. The van der Waals surface area contributed by atoms with Crippen molar-refractivity contribution in [1.82, 2.24) is 9.29 Å². The van der Waals surface area contributed by atoms with Crippen molar-refractivity contribution in [2.24, 2.45) is 0 Å². The van der Waals surface area contributed by atoms with Crippen LogP contribution in [0.1, 0.15) is 32.0 Å². The molecule has 9 nitrogen and oxygen atoms in total. The van der Waals surface area contributed by atoms with Crippen LogP contribution < -0.4 is 9.46 Å². The van der Waals surface area contributed by atoms with Gasteiger partial charge in [0, 0.05) is 21.7 Å². The lowest BCUT2D eigenvalue weighted by Gasteiger charge is -2.08. The van der Waals surface area contributed by atoms with Crippen LogP contribution in [0.5, 0.6) is 5.75 Å². The van der Waals surface area contributed by atoms with Crippen LogP contribution in [0.15, 0.2) is 71.6 Å². The van der Waals surface area contributed by atoms with Crippen molar-refractivity contribution in [3.05, 3.63) is 94.1 Å². The first-order valence-electron chi connectivity index (χ1n) is 10.9. The number of carbonyl (C=O) groups excluding carboxylic acids is 2. The van der Waals surface area contributed by atoms with E-state index in [2.05, 4.69) is 0 Å². The number of methoxy groups -OCH3 is 1. The van der Waals surface area contributed by atoms with Gasteiger partial charge in [-0.1, -0.05) is 23.7 Å². The van der Waals surface area contributed by atoms with Crippen LogP contribution in [0.25, 0.3) is 10.9 Å². The molecule has 0 atom stereocenters. The second kappa shape index (κ2) is 10.1. The van der Waals surface area contributed by atoms with Gasteiger partial charge in [-0.25, -0.2) is 13.1 Å². The van der Waals surface area contributed by atoms with Gasteiger partial charge in [-0.15, -0.1) is 0 Å². The number of carbonyl (C=O) groups is 3. The van der Waals surface area contributed by atoms with Crippen LogP contribution in [-0.2, 0) is 21.2 Å². The molecule has 0 unspecified atom stereocenters. The molecule has 0 saturated carbocycles. The Morgan fingerprint density at radius 3 is 2.35 bits per heavy atom. The van der Waals surface area contributed by atoms with Gasteiger partial charge in [0.2, 0.25) is 0 Å². The number of sulfonamides is 1. The number of fused-ring (bicyclic) bond motifs is 2. The van der Waals surface area contributed by atoms with Gasteiger partial charge < -0.3 is 9.84 Å². The molecule has 4 aromatic rings. The molecule has 11 heteroatoms. The zero-order valence-corrected chi connectivity index (χ0v) is 21.3. The lowest BCUT2D eigenvalue weighted by Crippen LogP contribution is -2.20. The first kappa shape index (κ1) is 25.9. The SMILES string of the molecule is COc1ccc2c(c1)c(CC(=O)O)c(C)n2C(=O)c1ccc(Cl)cc1.O=C1NS(=O)(=O)c2ccccc21. The Kier molecular flexibility index (Phi) is 7.06. The number of hydrogen-bond donors (Lipinski definition) is 2. The van der Waals surface area contributed by atoms with Crippen molar-refractivity contribution < 1.29 is 32.6 Å². The molecule has 3 aromatic carbocycles. The zero-order chi connectivity index (χ0) is 26.9. The quantitative estimate of drug-likeness (QED) is 0.399. The van der Waals surface area contributed by atoms with E-state index in [9.17, 15) is 27.9 Å². The van der Waals surface area contributed by atoms with E-state index in [1.165, 1.54) is 16.7 Å². The molecule has 37 heavy (non-hydrogen) atoms. The summed E-state index contributed by atoms with van der Waals surface area (Å²) >= 11 is 5.89. The molecule has 0 radical (unpaired) electrons. The fraction of sp³-hybridized carbons (Fsp3) is 0.115. The molecular formula is C26H21ClN2O7S. The lowest BCUT2D eigenvalue weighted by atomic mass is 10.1.